The van der Waals surface area contributed by atoms with E-state index in [1.54, 1.807) is 6.92 Å². The maximum absolute atomic E-state index is 10.8. The molecular formula is C12H22O5. The molecule has 0 aromatic carbocycles. The lowest BCUT2D eigenvalue weighted by atomic mass is 9.80. The fourth-order valence-corrected chi connectivity index (χ4v) is 2.15. The van der Waals surface area contributed by atoms with Crippen LogP contribution < -0.4 is 0 Å². The minimum absolute atomic E-state index is 0.0243. The van der Waals surface area contributed by atoms with Gasteiger partial charge in [0.15, 0.2) is 5.92 Å². The zero-order chi connectivity index (χ0) is 13.6. The van der Waals surface area contributed by atoms with Crippen molar-refractivity contribution in [2.45, 2.75) is 46.1 Å². The normalized spacial score (nSPS) is 16.5. The van der Waals surface area contributed by atoms with Gasteiger partial charge in [-0.1, -0.05) is 26.7 Å². The van der Waals surface area contributed by atoms with E-state index in [1.165, 1.54) is 0 Å². The Labute approximate surface area is 101 Å². The van der Waals surface area contributed by atoms with Crippen LogP contribution >= 0.6 is 0 Å². The van der Waals surface area contributed by atoms with Crippen molar-refractivity contribution >= 4 is 11.9 Å². The summed E-state index contributed by atoms with van der Waals surface area (Å²) in [5.41, 5.74) is 0. The number of hydrogen-bond acceptors (Lipinski definition) is 3. The van der Waals surface area contributed by atoms with E-state index in [4.69, 9.17) is 10.2 Å². The quantitative estimate of drug-likeness (QED) is 0.565. The van der Waals surface area contributed by atoms with Gasteiger partial charge in [-0.25, -0.2) is 0 Å². The molecule has 3 N–H and O–H groups in total. The van der Waals surface area contributed by atoms with Gasteiger partial charge < -0.3 is 15.3 Å². The number of aliphatic carboxylic acids is 2. The van der Waals surface area contributed by atoms with Crippen molar-refractivity contribution in [1.29, 1.82) is 0 Å². The van der Waals surface area contributed by atoms with Crippen LogP contribution in [0.15, 0.2) is 0 Å². The van der Waals surface area contributed by atoms with E-state index in [1.807, 2.05) is 13.8 Å². The van der Waals surface area contributed by atoms with Gasteiger partial charge in [-0.05, 0) is 25.2 Å². The molecule has 0 aliphatic rings. The van der Waals surface area contributed by atoms with Gasteiger partial charge in [0.2, 0.25) is 0 Å². The van der Waals surface area contributed by atoms with Crippen LogP contribution in [0.4, 0.5) is 0 Å². The number of carbonyl (C=O) groups is 2. The molecular weight excluding hydrogens is 224 g/mol. The van der Waals surface area contributed by atoms with Gasteiger partial charge in [0.1, 0.15) is 0 Å². The molecule has 0 fully saturated rings. The van der Waals surface area contributed by atoms with Crippen molar-refractivity contribution in [1.82, 2.24) is 0 Å². The topological polar surface area (TPSA) is 94.8 Å². The average molecular weight is 246 g/mol. The zero-order valence-corrected chi connectivity index (χ0v) is 10.6. The molecule has 0 radical (unpaired) electrons. The highest BCUT2D eigenvalue weighted by Crippen LogP contribution is 2.27. The SMILES string of the molecule is CCCC(C)C(CC(C(=O)O)C(=O)O)C(C)O. The molecule has 0 aliphatic carbocycles. The lowest BCUT2D eigenvalue weighted by Crippen LogP contribution is -2.32. The van der Waals surface area contributed by atoms with E-state index in [0.717, 1.165) is 12.8 Å². The zero-order valence-electron chi connectivity index (χ0n) is 10.6. The van der Waals surface area contributed by atoms with E-state index >= 15 is 0 Å². The molecule has 0 bridgehead atoms. The summed E-state index contributed by atoms with van der Waals surface area (Å²) in [5, 5.41) is 27.3. The molecule has 0 rings (SSSR count). The summed E-state index contributed by atoms with van der Waals surface area (Å²) in [4.78, 5) is 21.6. The minimum atomic E-state index is -1.44. The third-order valence-corrected chi connectivity index (χ3v) is 3.20. The summed E-state index contributed by atoms with van der Waals surface area (Å²) >= 11 is 0. The largest absolute Gasteiger partial charge is 0.481 e. The van der Waals surface area contributed by atoms with Crippen LogP contribution in [-0.4, -0.2) is 33.4 Å². The Morgan fingerprint density at radius 2 is 1.59 bits per heavy atom. The first-order valence-electron chi connectivity index (χ1n) is 5.94. The molecule has 5 nitrogen and oxygen atoms in total. The summed E-state index contributed by atoms with van der Waals surface area (Å²) in [7, 11) is 0. The fourth-order valence-electron chi connectivity index (χ4n) is 2.15. The molecule has 0 spiro atoms. The Balaban J connectivity index is 4.72. The van der Waals surface area contributed by atoms with Gasteiger partial charge in [0.25, 0.3) is 0 Å². The van der Waals surface area contributed by atoms with E-state index in [0.29, 0.717) is 0 Å². The second kappa shape index (κ2) is 7.27. The molecule has 0 heterocycles. The van der Waals surface area contributed by atoms with Crippen LogP contribution in [0.1, 0.15) is 40.0 Å². The van der Waals surface area contributed by atoms with Crippen molar-refractivity contribution in [2.24, 2.45) is 17.8 Å². The van der Waals surface area contributed by atoms with Crippen molar-refractivity contribution in [3.8, 4) is 0 Å². The summed E-state index contributed by atoms with van der Waals surface area (Å²) < 4.78 is 0. The molecule has 0 saturated carbocycles. The number of aliphatic hydroxyl groups excluding tert-OH is 1. The van der Waals surface area contributed by atoms with Gasteiger partial charge in [-0.2, -0.15) is 0 Å². The number of hydrogen-bond donors (Lipinski definition) is 3. The number of aliphatic hydroxyl groups is 1. The Bertz CT molecular complexity index is 248. The van der Waals surface area contributed by atoms with Crippen LogP contribution in [-0.2, 0) is 9.59 Å². The highest BCUT2D eigenvalue weighted by molar-refractivity contribution is 5.92. The molecule has 0 amide bonds. The number of rotatable bonds is 8. The standard InChI is InChI=1S/C12H22O5/c1-4-5-7(2)9(8(3)13)6-10(11(14)15)12(16)17/h7-10,13H,4-6H2,1-3H3,(H,14,15)(H,16,17). The Morgan fingerprint density at radius 1 is 1.12 bits per heavy atom. The summed E-state index contributed by atoms with van der Waals surface area (Å²) in [5.74, 6) is -4.30. The van der Waals surface area contributed by atoms with Gasteiger partial charge in [0.05, 0.1) is 6.10 Å². The minimum Gasteiger partial charge on any atom is -0.481 e. The van der Waals surface area contributed by atoms with Crippen molar-refractivity contribution in [3.05, 3.63) is 0 Å². The van der Waals surface area contributed by atoms with E-state index in [2.05, 4.69) is 0 Å². The van der Waals surface area contributed by atoms with Crippen molar-refractivity contribution < 1.29 is 24.9 Å². The molecule has 0 aromatic heterocycles. The maximum atomic E-state index is 10.8. The average Bonchev–Trinajstić information content (AvgIpc) is 2.16. The fraction of sp³-hybridized carbons (Fsp3) is 0.833. The first-order valence-corrected chi connectivity index (χ1v) is 5.94. The van der Waals surface area contributed by atoms with E-state index < -0.39 is 24.0 Å². The van der Waals surface area contributed by atoms with Crippen molar-refractivity contribution in [2.75, 3.05) is 0 Å². The molecule has 3 unspecified atom stereocenters. The third kappa shape index (κ3) is 5.17. The molecule has 3 atom stereocenters. The molecule has 5 heteroatoms. The maximum Gasteiger partial charge on any atom is 0.317 e. The lowest BCUT2D eigenvalue weighted by molar-refractivity contribution is -0.156. The summed E-state index contributed by atoms with van der Waals surface area (Å²) in [6.07, 6.45) is 1.05. The summed E-state index contributed by atoms with van der Waals surface area (Å²) in [6.45, 7) is 5.50. The second-order valence-corrected chi connectivity index (χ2v) is 4.64. The summed E-state index contributed by atoms with van der Waals surface area (Å²) in [6, 6.07) is 0. The van der Waals surface area contributed by atoms with Gasteiger partial charge >= 0.3 is 11.9 Å². The number of carboxylic acids is 2. The first kappa shape index (κ1) is 15.9. The van der Waals surface area contributed by atoms with Gasteiger partial charge in [-0.15, -0.1) is 0 Å². The smallest absolute Gasteiger partial charge is 0.317 e. The van der Waals surface area contributed by atoms with Gasteiger partial charge in [-0.3, -0.25) is 9.59 Å². The number of carboxylic acid groups (broad SMARTS) is 2. The molecule has 0 aromatic rings. The van der Waals surface area contributed by atoms with Crippen LogP contribution in [0, 0.1) is 17.8 Å². The lowest BCUT2D eigenvalue weighted by Gasteiger charge is -2.27. The van der Waals surface area contributed by atoms with E-state index in [9.17, 15) is 14.7 Å². The van der Waals surface area contributed by atoms with Crippen LogP contribution in [0.2, 0.25) is 0 Å². The predicted octanol–water partition coefficient (Wildman–Crippen LogP) is 1.60. The van der Waals surface area contributed by atoms with Crippen LogP contribution in [0.5, 0.6) is 0 Å². The Morgan fingerprint density at radius 3 is 1.88 bits per heavy atom. The van der Waals surface area contributed by atoms with Gasteiger partial charge in [0, 0.05) is 0 Å². The third-order valence-electron chi connectivity index (χ3n) is 3.20. The monoisotopic (exact) mass is 246 g/mol. The first-order chi connectivity index (χ1) is 7.81. The molecule has 17 heavy (non-hydrogen) atoms. The highest BCUT2D eigenvalue weighted by Gasteiger charge is 2.33. The highest BCUT2D eigenvalue weighted by atomic mass is 16.4. The second-order valence-electron chi connectivity index (χ2n) is 4.64. The molecule has 100 valence electrons. The Kier molecular flexibility index (Phi) is 6.80. The molecule has 0 aliphatic heterocycles. The Hall–Kier alpha value is -1.10. The predicted molar refractivity (Wildman–Crippen MR) is 62.6 cm³/mol. The van der Waals surface area contributed by atoms with E-state index in [-0.39, 0.29) is 18.3 Å². The molecule has 0 saturated heterocycles. The van der Waals surface area contributed by atoms with Crippen molar-refractivity contribution in [3.63, 3.8) is 0 Å². The van der Waals surface area contributed by atoms with Crippen LogP contribution in [0.25, 0.3) is 0 Å². The van der Waals surface area contributed by atoms with Crippen LogP contribution in [0.3, 0.4) is 0 Å².